The Morgan fingerprint density at radius 1 is 1.10 bits per heavy atom. The first-order chi connectivity index (χ1) is 14.7. The van der Waals surface area contributed by atoms with Gasteiger partial charge in [0.2, 0.25) is 10.0 Å². The number of carbonyl (C=O) groups is 2. The van der Waals surface area contributed by atoms with E-state index in [-0.39, 0.29) is 26.2 Å². The predicted molar refractivity (Wildman–Crippen MR) is 106 cm³/mol. The summed E-state index contributed by atoms with van der Waals surface area (Å²) in [4.78, 5) is 23.2. The van der Waals surface area contributed by atoms with Crippen molar-refractivity contribution >= 4 is 21.8 Å². The van der Waals surface area contributed by atoms with Crippen molar-refractivity contribution in [2.24, 2.45) is 0 Å². The van der Waals surface area contributed by atoms with Crippen LogP contribution in [0.2, 0.25) is 0 Å². The minimum absolute atomic E-state index is 0.00365. The van der Waals surface area contributed by atoms with Gasteiger partial charge < -0.3 is 15.4 Å². The van der Waals surface area contributed by atoms with Crippen LogP contribution in [0.3, 0.4) is 0 Å². The number of ether oxygens (including phenoxy) is 1. The Hall–Kier alpha value is -2.89. The minimum atomic E-state index is -4.42. The molecule has 1 atom stereocenters. The second-order valence-electron chi connectivity index (χ2n) is 6.89. The average molecular weight is 453 g/mol. The summed E-state index contributed by atoms with van der Waals surface area (Å²) >= 11 is 0. The predicted octanol–water partition coefficient (Wildman–Crippen LogP) is 1.05. The minimum Gasteiger partial charge on any atom is -0.359 e. The van der Waals surface area contributed by atoms with Crippen molar-refractivity contribution in [3.63, 3.8) is 0 Å². The van der Waals surface area contributed by atoms with Crippen LogP contribution in [0.25, 0.3) is 0 Å². The van der Waals surface area contributed by atoms with Gasteiger partial charge in [-0.05, 0) is 30.7 Å². The fraction of sp³-hybridized carbons (Fsp3) is 0.300. The highest BCUT2D eigenvalue weighted by Crippen LogP contribution is 2.25. The Kier molecular flexibility index (Phi) is 6.98. The topological polar surface area (TPSA) is 105 Å². The highest BCUT2D eigenvalue weighted by molar-refractivity contribution is 7.89. The summed E-state index contributed by atoms with van der Waals surface area (Å²) in [6, 6.07) is 9.47. The van der Waals surface area contributed by atoms with Crippen LogP contribution in [0.4, 0.5) is 8.78 Å². The van der Waals surface area contributed by atoms with Gasteiger partial charge in [-0.15, -0.1) is 0 Å². The summed E-state index contributed by atoms with van der Waals surface area (Å²) < 4.78 is 59.0. The molecule has 1 fully saturated rings. The molecule has 0 aliphatic carbocycles. The van der Waals surface area contributed by atoms with Crippen molar-refractivity contribution < 1.29 is 31.5 Å². The van der Waals surface area contributed by atoms with Crippen molar-refractivity contribution in [3.05, 3.63) is 65.2 Å². The fourth-order valence-electron chi connectivity index (χ4n) is 2.97. The molecule has 0 radical (unpaired) electrons. The van der Waals surface area contributed by atoms with Gasteiger partial charge in [0.05, 0.1) is 13.2 Å². The van der Waals surface area contributed by atoms with Crippen LogP contribution in [0, 0.1) is 18.6 Å². The van der Waals surface area contributed by atoms with Gasteiger partial charge >= 0.3 is 11.8 Å². The maximum atomic E-state index is 14.0. The number of benzene rings is 2. The second kappa shape index (κ2) is 9.50. The number of hydrogen-bond donors (Lipinski definition) is 2. The molecule has 2 amide bonds. The number of carbonyl (C=O) groups excluding carboxylic acids is 2. The number of halogens is 2. The molecule has 0 aromatic heterocycles. The molecule has 8 nitrogen and oxygen atoms in total. The van der Waals surface area contributed by atoms with Crippen molar-refractivity contribution in [1.29, 1.82) is 0 Å². The Bertz CT molecular complexity index is 1080. The molecule has 0 unspecified atom stereocenters. The Morgan fingerprint density at radius 2 is 1.77 bits per heavy atom. The van der Waals surface area contributed by atoms with E-state index < -0.39 is 44.6 Å². The molecular formula is C20H21F2N3O5S. The second-order valence-corrected chi connectivity index (χ2v) is 8.75. The normalized spacial score (nSPS) is 16.8. The summed E-state index contributed by atoms with van der Waals surface area (Å²) in [5, 5.41) is 4.76. The lowest BCUT2D eigenvalue weighted by Gasteiger charge is -2.23. The standard InChI is InChI=1S/C20H21F2N3O5S/c1-13-2-4-14(5-3-13)11-23-19(26)20(27)24-12-18-25(8-9-30-18)31(28,29)17-10-15(21)6-7-16(17)22/h2-7,10,18H,8-9,11-12H2,1H3,(H,23,26)(H,24,27)/t18-/m1/s1. The van der Waals surface area contributed by atoms with Gasteiger partial charge in [-0.3, -0.25) is 9.59 Å². The highest BCUT2D eigenvalue weighted by atomic mass is 32.2. The zero-order chi connectivity index (χ0) is 22.6. The number of nitrogens with one attached hydrogen (secondary N) is 2. The molecule has 166 valence electrons. The van der Waals surface area contributed by atoms with Crippen LogP contribution in [0.5, 0.6) is 0 Å². The number of amides is 2. The fourth-order valence-corrected chi connectivity index (χ4v) is 4.56. The maximum Gasteiger partial charge on any atom is 0.309 e. The van der Waals surface area contributed by atoms with E-state index in [1.165, 1.54) is 0 Å². The first-order valence-electron chi connectivity index (χ1n) is 9.38. The molecule has 1 heterocycles. The van der Waals surface area contributed by atoms with Gasteiger partial charge in [0.15, 0.2) is 0 Å². The van der Waals surface area contributed by atoms with Crippen LogP contribution in [0.1, 0.15) is 11.1 Å². The molecular weight excluding hydrogens is 432 g/mol. The number of aryl methyl sites for hydroxylation is 1. The Morgan fingerprint density at radius 3 is 2.48 bits per heavy atom. The Labute approximate surface area is 178 Å². The lowest BCUT2D eigenvalue weighted by molar-refractivity contribution is -0.139. The number of hydrogen-bond acceptors (Lipinski definition) is 5. The molecule has 0 bridgehead atoms. The van der Waals surface area contributed by atoms with Gasteiger partial charge in [-0.1, -0.05) is 29.8 Å². The SMILES string of the molecule is Cc1ccc(CNC(=O)C(=O)NC[C@H]2OCCN2S(=O)(=O)c2cc(F)ccc2F)cc1. The zero-order valence-electron chi connectivity index (χ0n) is 16.6. The first-order valence-corrected chi connectivity index (χ1v) is 10.8. The third kappa shape index (κ3) is 5.43. The summed E-state index contributed by atoms with van der Waals surface area (Å²) in [5.41, 5.74) is 1.86. The zero-order valence-corrected chi connectivity index (χ0v) is 17.4. The average Bonchev–Trinajstić information content (AvgIpc) is 3.22. The summed E-state index contributed by atoms with van der Waals surface area (Å²) in [7, 11) is -4.42. The van der Waals surface area contributed by atoms with Crippen molar-refractivity contribution in [1.82, 2.24) is 14.9 Å². The molecule has 1 aliphatic rings. The van der Waals surface area contributed by atoms with Crippen molar-refractivity contribution in [2.75, 3.05) is 19.7 Å². The summed E-state index contributed by atoms with van der Waals surface area (Å²) in [6.45, 7) is 1.61. The van der Waals surface area contributed by atoms with Gasteiger partial charge in [-0.25, -0.2) is 17.2 Å². The van der Waals surface area contributed by atoms with Crippen LogP contribution in [-0.4, -0.2) is 50.5 Å². The van der Waals surface area contributed by atoms with Crippen LogP contribution < -0.4 is 10.6 Å². The smallest absolute Gasteiger partial charge is 0.309 e. The maximum absolute atomic E-state index is 14.0. The third-order valence-electron chi connectivity index (χ3n) is 4.64. The number of rotatable bonds is 6. The Balaban J connectivity index is 1.59. The van der Waals surface area contributed by atoms with E-state index in [1.807, 2.05) is 31.2 Å². The largest absolute Gasteiger partial charge is 0.359 e. The van der Waals surface area contributed by atoms with Crippen LogP contribution in [-0.2, 0) is 30.9 Å². The molecule has 11 heteroatoms. The van der Waals surface area contributed by atoms with E-state index in [0.717, 1.165) is 21.5 Å². The number of nitrogens with zero attached hydrogens (tertiary/aromatic N) is 1. The van der Waals surface area contributed by atoms with Gasteiger partial charge in [-0.2, -0.15) is 4.31 Å². The van der Waals surface area contributed by atoms with E-state index in [0.29, 0.717) is 12.1 Å². The third-order valence-corrected chi connectivity index (χ3v) is 6.54. The molecule has 31 heavy (non-hydrogen) atoms. The van der Waals surface area contributed by atoms with Crippen molar-refractivity contribution in [2.45, 2.75) is 24.6 Å². The van der Waals surface area contributed by atoms with Crippen LogP contribution in [0.15, 0.2) is 47.4 Å². The molecule has 0 saturated carbocycles. The molecule has 1 saturated heterocycles. The van der Waals surface area contributed by atoms with Crippen molar-refractivity contribution in [3.8, 4) is 0 Å². The monoisotopic (exact) mass is 453 g/mol. The van der Waals surface area contributed by atoms with Gasteiger partial charge in [0.25, 0.3) is 0 Å². The van der Waals surface area contributed by atoms with Gasteiger partial charge in [0.1, 0.15) is 22.8 Å². The quantitative estimate of drug-likeness (QED) is 0.637. The van der Waals surface area contributed by atoms with E-state index in [1.54, 1.807) is 0 Å². The van der Waals surface area contributed by atoms with E-state index in [4.69, 9.17) is 4.74 Å². The molecule has 2 N–H and O–H groups in total. The van der Waals surface area contributed by atoms with E-state index in [9.17, 15) is 26.8 Å². The van der Waals surface area contributed by atoms with E-state index >= 15 is 0 Å². The molecule has 3 rings (SSSR count). The molecule has 2 aromatic rings. The summed E-state index contributed by atoms with van der Waals surface area (Å²) in [6.07, 6.45) is -1.17. The first kappa shape index (κ1) is 22.8. The highest BCUT2D eigenvalue weighted by Gasteiger charge is 2.38. The molecule has 1 aliphatic heterocycles. The van der Waals surface area contributed by atoms with Gasteiger partial charge in [0, 0.05) is 13.1 Å². The molecule has 2 aromatic carbocycles. The summed E-state index contributed by atoms with van der Waals surface area (Å²) in [5.74, 6) is -3.89. The lowest BCUT2D eigenvalue weighted by atomic mass is 10.1. The van der Waals surface area contributed by atoms with E-state index in [2.05, 4.69) is 10.6 Å². The van der Waals surface area contributed by atoms with Crippen LogP contribution >= 0.6 is 0 Å². The lowest BCUT2D eigenvalue weighted by Crippen LogP contribution is -2.47. The number of sulfonamides is 1. The molecule has 0 spiro atoms.